The van der Waals surface area contributed by atoms with Gasteiger partial charge in [-0.3, -0.25) is 0 Å². The molecular weight excluding hydrogens is 272 g/mol. The number of nitrogens with two attached hydrogens (primary N) is 1. The quantitative estimate of drug-likeness (QED) is 0.825. The first-order chi connectivity index (χ1) is 9.33. The van der Waals surface area contributed by atoms with E-state index in [9.17, 15) is 8.42 Å². The second kappa shape index (κ2) is 4.46. The predicted molar refractivity (Wildman–Crippen MR) is 81.4 cm³/mol. The molecule has 1 atom stereocenters. The van der Waals surface area contributed by atoms with Gasteiger partial charge in [0.25, 0.3) is 0 Å². The summed E-state index contributed by atoms with van der Waals surface area (Å²) in [6.07, 6.45) is 3.03. The first-order valence-corrected chi connectivity index (χ1v) is 8.96. The van der Waals surface area contributed by atoms with Crippen molar-refractivity contribution in [3.05, 3.63) is 29.8 Å². The van der Waals surface area contributed by atoms with Crippen LogP contribution in [0.3, 0.4) is 0 Å². The van der Waals surface area contributed by atoms with Gasteiger partial charge in [-0.25, -0.2) is 8.42 Å². The van der Waals surface area contributed by atoms with Gasteiger partial charge < -0.3 is 11.1 Å². The maximum absolute atomic E-state index is 11.6. The van der Waals surface area contributed by atoms with Gasteiger partial charge in [0.1, 0.15) is 0 Å². The number of hydrogen-bond acceptors (Lipinski definition) is 4. The molecule has 0 aromatic heterocycles. The molecule has 1 aliphatic carbocycles. The molecule has 2 fully saturated rings. The van der Waals surface area contributed by atoms with Crippen LogP contribution in [0.25, 0.3) is 0 Å². The Kier molecular flexibility index (Phi) is 3.10. The highest BCUT2D eigenvalue weighted by atomic mass is 32.2. The number of anilines is 1. The minimum Gasteiger partial charge on any atom is -0.399 e. The number of hydrogen-bond donors (Lipinski definition) is 2. The molecule has 0 radical (unpaired) electrons. The van der Waals surface area contributed by atoms with Gasteiger partial charge in [-0.15, -0.1) is 0 Å². The molecule has 1 aliphatic heterocycles. The molecule has 0 amide bonds. The van der Waals surface area contributed by atoms with Crippen molar-refractivity contribution in [2.24, 2.45) is 0 Å². The average molecular weight is 294 g/mol. The van der Waals surface area contributed by atoms with Crippen LogP contribution in [-0.4, -0.2) is 32.0 Å². The van der Waals surface area contributed by atoms with Gasteiger partial charge >= 0.3 is 0 Å². The topological polar surface area (TPSA) is 72.2 Å². The summed E-state index contributed by atoms with van der Waals surface area (Å²) >= 11 is 0. The smallest absolute Gasteiger partial charge is 0.152 e. The fourth-order valence-electron chi connectivity index (χ4n) is 3.09. The highest BCUT2D eigenvalue weighted by molar-refractivity contribution is 7.91. The van der Waals surface area contributed by atoms with E-state index in [1.165, 1.54) is 5.56 Å². The third-order valence-corrected chi connectivity index (χ3v) is 6.64. The van der Waals surface area contributed by atoms with Crippen LogP contribution in [0.2, 0.25) is 0 Å². The van der Waals surface area contributed by atoms with E-state index in [1.54, 1.807) is 0 Å². The number of sulfone groups is 1. The molecule has 2 aliphatic rings. The molecule has 1 heterocycles. The summed E-state index contributed by atoms with van der Waals surface area (Å²) in [5, 5.41) is 3.52. The number of rotatable bonds is 4. The summed E-state index contributed by atoms with van der Waals surface area (Å²) in [4.78, 5) is 0. The largest absolute Gasteiger partial charge is 0.399 e. The lowest BCUT2D eigenvalue weighted by Gasteiger charge is -2.27. The summed E-state index contributed by atoms with van der Waals surface area (Å²) in [6, 6.07) is 8.07. The van der Waals surface area contributed by atoms with E-state index in [1.807, 2.05) is 19.1 Å². The molecule has 4 nitrogen and oxygen atoms in total. The molecule has 1 saturated carbocycles. The van der Waals surface area contributed by atoms with Crippen LogP contribution >= 0.6 is 0 Å². The third kappa shape index (κ3) is 2.69. The van der Waals surface area contributed by atoms with E-state index >= 15 is 0 Å². The molecule has 20 heavy (non-hydrogen) atoms. The third-order valence-electron chi connectivity index (χ3n) is 4.73. The first kappa shape index (κ1) is 13.9. The fraction of sp³-hybridized carbons (Fsp3) is 0.600. The highest BCUT2D eigenvalue weighted by Crippen LogP contribution is 2.48. The molecule has 3 N–H and O–H groups in total. The Bertz CT molecular complexity index is 605. The second-order valence-corrected chi connectivity index (χ2v) is 8.84. The molecule has 5 heteroatoms. The SMILES string of the molecule is CC1(NCC2(c3ccc(N)cc3)CC2)CCS(=O)(=O)C1. The highest BCUT2D eigenvalue weighted by Gasteiger charge is 2.46. The molecule has 1 aromatic rings. The fourth-order valence-corrected chi connectivity index (χ4v) is 5.21. The summed E-state index contributed by atoms with van der Waals surface area (Å²) in [6.45, 7) is 2.87. The second-order valence-electron chi connectivity index (χ2n) is 6.66. The van der Waals surface area contributed by atoms with E-state index in [0.29, 0.717) is 12.2 Å². The van der Waals surface area contributed by atoms with Gasteiger partial charge in [0.05, 0.1) is 11.5 Å². The molecule has 1 unspecified atom stereocenters. The van der Waals surface area contributed by atoms with Crippen LogP contribution in [0, 0.1) is 0 Å². The summed E-state index contributed by atoms with van der Waals surface area (Å²) in [5.41, 5.74) is 7.75. The zero-order chi connectivity index (χ0) is 14.4. The van der Waals surface area contributed by atoms with Crippen LogP contribution in [0.1, 0.15) is 31.7 Å². The van der Waals surface area contributed by atoms with E-state index < -0.39 is 9.84 Å². The zero-order valence-electron chi connectivity index (χ0n) is 11.9. The van der Waals surface area contributed by atoms with Crippen molar-refractivity contribution in [2.45, 2.75) is 37.1 Å². The Morgan fingerprint density at radius 3 is 2.35 bits per heavy atom. The molecule has 3 rings (SSSR count). The summed E-state index contributed by atoms with van der Waals surface area (Å²) in [5.74, 6) is 0.573. The van der Waals surface area contributed by atoms with Crippen molar-refractivity contribution < 1.29 is 8.42 Å². The van der Waals surface area contributed by atoms with E-state index in [2.05, 4.69) is 17.4 Å². The van der Waals surface area contributed by atoms with Gasteiger partial charge in [-0.2, -0.15) is 0 Å². The number of benzene rings is 1. The lowest BCUT2D eigenvalue weighted by Crippen LogP contribution is -2.46. The maximum Gasteiger partial charge on any atom is 0.152 e. The van der Waals surface area contributed by atoms with Crippen molar-refractivity contribution in [2.75, 3.05) is 23.8 Å². The van der Waals surface area contributed by atoms with Crippen molar-refractivity contribution >= 4 is 15.5 Å². The van der Waals surface area contributed by atoms with Gasteiger partial charge in [0.2, 0.25) is 0 Å². The Labute approximate surface area is 120 Å². The minimum absolute atomic E-state index is 0.184. The Morgan fingerprint density at radius 1 is 1.20 bits per heavy atom. The molecule has 1 saturated heterocycles. The summed E-state index contributed by atoms with van der Waals surface area (Å²) < 4.78 is 23.3. The van der Waals surface area contributed by atoms with E-state index in [4.69, 9.17) is 5.73 Å². The number of nitrogens with one attached hydrogen (secondary N) is 1. The van der Waals surface area contributed by atoms with Crippen LogP contribution in [0.15, 0.2) is 24.3 Å². The lowest BCUT2D eigenvalue weighted by atomic mass is 9.93. The zero-order valence-corrected chi connectivity index (χ0v) is 12.7. The van der Waals surface area contributed by atoms with E-state index in [-0.39, 0.29) is 16.7 Å². The van der Waals surface area contributed by atoms with Crippen LogP contribution in [-0.2, 0) is 15.3 Å². The normalized spacial score (nSPS) is 30.2. The Morgan fingerprint density at radius 2 is 1.85 bits per heavy atom. The van der Waals surface area contributed by atoms with Crippen LogP contribution in [0.4, 0.5) is 5.69 Å². The molecule has 1 aromatic carbocycles. The Balaban J connectivity index is 1.68. The van der Waals surface area contributed by atoms with E-state index in [0.717, 1.165) is 25.1 Å². The van der Waals surface area contributed by atoms with Gasteiger partial charge in [-0.05, 0) is 43.9 Å². The Hall–Kier alpha value is -1.07. The lowest BCUT2D eigenvalue weighted by molar-refractivity contribution is 0.376. The molecule has 0 bridgehead atoms. The van der Waals surface area contributed by atoms with Crippen LogP contribution in [0.5, 0.6) is 0 Å². The minimum atomic E-state index is -2.85. The first-order valence-electron chi connectivity index (χ1n) is 7.14. The van der Waals surface area contributed by atoms with Crippen molar-refractivity contribution in [3.8, 4) is 0 Å². The van der Waals surface area contributed by atoms with Gasteiger partial charge in [0, 0.05) is 23.2 Å². The molecule has 110 valence electrons. The van der Waals surface area contributed by atoms with Gasteiger partial charge in [0.15, 0.2) is 9.84 Å². The predicted octanol–water partition coefficient (Wildman–Crippen LogP) is 1.47. The number of nitrogen functional groups attached to an aromatic ring is 1. The monoisotopic (exact) mass is 294 g/mol. The van der Waals surface area contributed by atoms with Crippen molar-refractivity contribution in [1.82, 2.24) is 5.32 Å². The average Bonchev–Trinajstić information content (AvgIpc) is 3.11. The van der Waals surface area contributed by atoms with Crippen molar-refractivity contribution in [3.63, 3.8) is 0 Å². The molecular formula is C15H22N2O2S. The van der Waals surface area contributed by atoms with Crippen molar-refractivity contribution in [1.29, 1.82) is 0 Å². The summed E-state index contributed by atoms with van der Waals surface area (Å²) in [7, 11) is -2.85. The van der Waals surface area contributed by atoms with Crippen LogP contribution < -0.4 is 11.1 Å². The van der Waals surface area contributed by atoms with Gasteiger partial charge in [-0.1, -0.05) is 12.1 Å². The maximum atomic E-state index is 11.6. The molecule has 0 spiro atoms. The standard InChI is InChI=1S/C15H22N2O2S/c1-14(8-9-20(18,19)11-14)17-10-15(6-7-15)12-2-4-13(16)5-3-12/h2-5,17H,6-11,16H2,1H3.